The lowest BCUT2D eigenvalue weighted by atomic mass is 10.1. The van der Waals surface area contributed by atoms with Gasteiger partial charge >= 0.3 is 6.18 Å². The summed E-state index contributed by atoms with van der Waals surface area (Å²) in [5.41, 5.74) is -0.181. The van der Waals surface area contributed by atoms with Crippen LogP contribution in [0, 0.1) is 0 Å². The minimum Gasteiger partial charge on any atom is -0.228 e. The van der Waals surface area contributed by atoms with Gasteiger partial charge in [0.15, 0.2) is 5.82 Å². The quantitative estimate of drug-likeness (QED) is 0.427. The van der Waals surface area contributed by atoms with Crippen LogP contribution in [0.5, 0.6) is 0 Å². The van der Waals surface area contributed by atoms with Crippen molar-refractivity contribution < 1.29 is 13.2 Å². The molecule has 3 rings (SSSR count). The summed E-state index contributed by atoms with van der Waals surface area (Å²) in [5.74, 6) is -0.0443. The van der Waals surface area contributed by atoms with Crippen LogP contribution in [0.3, 0.4) is 0 Å². The van der Waals surface area contributed by atoms with Crippen LogP contribution in [-0.2, 0) is 6.18 Å². The molecule has 0 aliphatic carbocycles. The van der Waals surface area contributed by atoms with Gasteiger partial charge in [-0.3, -0.25) is 0 Å². The SMILES string of the molecule is FC(F)(F)c1cc(-c2ccc(Cl)cc2Cl)nc(-c2cccc(Br)c2)n1. The minimum atomic E-state index is -4.61. The van der Waals surface area contributed by atoms with Gasteiger partial charge in [0.05, 0.1) is 10.7 Å². The van der Waals surface area contributed by atoms with Gasteiger partial charge in [0.1, 0.15) is 5.69 Å². The van der Waals surface area contributed by atoms with E-state index in [1.54, 1.807) is 24.3 Å². The predicted molar refractivity (Wildman–Crippen MR) is 95.6 cm³/mol. The third-order valence-electron chi connectivity index (χ3n) is 3.31. The standard InChI is InChI=1S/C17H8BrCl2F3N2/c18-10-3-1-2-9(6-10)16-24-14(8-15(25-16)17(21,22)23)12-5-4-11(19)7-13(12)20/h1-8H. The molecular formula is C17H8BrCl2F3N2. The summed E-state index contributed by atoms with van der Waals surface area (Å²) in [4.78, 5) is 7.92. The highest BCUT2D eigenvalue weighted by molar-refractivity contribution is 9.10. The van der Waals surface area contributed by atoms with Gasteiger partial charge in [-0.25, -0.2) is 9.97 Å². The Bertz CT molecular complexity index is 945. The molecule has 0 radical (unpaired) electrons. The number of benzene rings is 2. The Kier molecular flexibility index (Phi) is 5.04. The Morgan fingerprint density at radius 3 is 2.32 bits per heavy atom. The van der Waals surface area contributed by atoms with Crippen molar-refractivity contribution in [3.05, 3.63) is 68.7 Å². The summed E-state index contributed by atoms with van der Waals surface area (Å²) in [7, 11) is 0. The Morgan fingerprint density at radius 1 is 0.920 bits per heavy atom. The smallest absolute Gasteiger partial charge is 0.228 e. The first-order valence-electron chi connectivity index (χ1n) is 6.92. The van der Waals surface area contributed by atoms with E-state index in [1.807, 2.05) is 0 Å². The highest BCUT2D eigenvalue weighted by Crippen LogP contribution is 2.35. The minimum absolute atomic E-state index is 0.0443. The topological polar surface area (TPSA) is 25.8 Å². The van der Waals surface area contributed by atoms with E-state index in [2.05, 4.69) is 25.9 Å². The lowest BCUT2D eigenvalue weighted by molar-refractivity contribution is -0.141. The van der Waals surface area contributed by atoms with Gasteiger partial charge in [0, 0.05) is 20.6 Å². The fourth-order valence-corrected chi connectivity index (χ4v) is 3.09. The van der Waals surface area contributed by atoms with E-state index in [0.717, 1.165) is 6.07 Å². The van der Waals surface area contributed by atoms with Crippen molar-refractivity contribution in [3.8, 4) is 22.6 Å². The number of hydrogen-bond donors (Lipinski definition) is 0. The second kappa shape index (κ2) is 6.94. The summed E-state index contributed by atoms with van der Waals surface area (Å²) in [5, 5.41) is 0.589. The third kappa shape index (κ3) is 4.14. The molecular weight excluding hydrogens is 440 g/mol. The first kappa shape index (κ1) is 18.2. The molecule has 25 heavy (non-hydrogen) atoms. The van der Waals surface area contributed by atoms with Crippen molar-refractivity contribution in [2.45, 2.75) is 6.18 Å². The zero-order valence-corrected chi connectivity index (χ0v) is 15.4. The second-order valence-corrected chi connectivity index (χ2v) is 6.85. The van der Waals surface area contributed by atoms with E-state index < -0.39 is 11.9 Å². The van der Waals surface area contributed by atoms with Crippen LogP contribution in [0.4, 0.5) is 13.2 Å². The molecule has 8 heteroatoms. The first-order valence-corrected chi connectivity index (χ1v) is 8.46. The Labute approximate surface area is 159 Å². The molecule has 0 atom stereocenters. The Morgan fingerprint density at radius 2 is 1.68 bits per heavy atom. The lowest BCUT2D eigenvalue weighted by Crippen LogP contribution is -2.10. The van der Waals surface area contributed by atoms with Crippen LogP contribution in [0.1, 0.15) is 5.69 Å². The van der Waals surface area contributed by atoms with E-state index in [1.165, 1.54) is 18.2 Å². The van der Waals surface area contributed by atoms with Crippen molar-refractivity contribution in [2.24, 2.45) is 0 Å². The monoisotopic (exact) mass is 446 g/mol. The second-order valence-electron chi connectivity index (χ2n) is 5.09. The zero-order chi connectivity index (χ0) is 18.2. The normalized spacial score (nSPS) is 11.6. The molecule has 0 fully saturated rings. The van der Waals surface area contributed by atoms with E-state index in [-0.39, 0.29) is 16.5 Å². The number of rotatable bonds is 2. The maximum Gasteiger partial charge on any atom is 0.433 e. The number of alkyl halides is 3. The van der Waals surface area contributed by atoms with Crippen molar-refractivity contribution >= 4 is 39.1 Å². The number of aromatic nitrogens is 2. The molecule has 0 aliphatic heterocycles. The number of halogens is 6. The molecule has 0 amide bonds. The summed E-state index contributed by atoms with van der Waals surface area (Å²) in [6.07, 6.45) is -4.61. The molecule has 0 saturated carbocycles. The molecule has 0 saturated heterocycles. The highest BCUT2D eigenvalue weighted by Gasteiger charge is 2.34. The molecule has 0 unspecified atom stereocenters. The maximum atomic E-state index is 13.3. The van der Waals surface area contributed by atoms with E-state index in [9.17, 15) is 13.2 Å². The number of hydrogen-bond acceptors (Lipinski definition) is 2. The fraction of sp³-hybridized carbons (Fsp3) is 0.0588. The van der Waals surface area contributed by atoms with Crippen LogP contribution in [0.2, 0.25) is 10.0 Å². The van der Waals surface area contributed by atoms with Crippen molar-refractivity contribution in [2.75, 3.05) is 0 Å². The summed E-state index contributed by atoms with van der Waals surface area (Å²) < 4.78 is 40.5. The summed E-state index contributed by atoms with van der Waals surface area (Å²) in [6.45, 7) is 0. The van der Waals surface area contributed by atoms with Gasteiger partial charge in [-0.2, -0.15) is 13.2 Å². The lowest BCUT2D eigenvalue weighted by Gasteiger charge is -2.12. The molecule has 0 spiro atoms. The molecule has 3 aromatic rings. The number of nitrogens with zero attached hydrogens (tertiary/aromatic N) is 2. The molecule has 2 aromatic carbocycles. The molecule has 1 aromatic heterocycles. The van der Waals surface area contributed by atoms with Crippen molar-refractivity contribution in [1.29, 1.82) is 0 Å². The molecule has 2 nitrogen and oxygen atoms in total. The van der Waals surface area contributed by atoms with Gasteiger partial charge in [0.2, 0.25) is 0 Å². The maximum absolute atomic E-state index is 13.3. The van der Waals surface area contributed by atoms with Crippen molar-refractivity contribution in [3.63, 3.8) is 0 Å². The first-order chi connectivity index (χ1) is 11.7. The average Bonchev–Trinajstić information content (AvgIpc) is 2.53. The van der Waals surface area contributed by atoms with Crippen LogP contribution in [-0.4, -0.2) is 9.97 Å². The molecule has 128 valence electrons. The molecule has 0 aliphatic rings. The highest BCUT2D eigenvalue weighted by atomic mass is 79.9. The van der Waals surface area contributed by atoms with Gasteiger partial charge in [-0.1, -0.05) is 51.3 Å². The Balaban J connectivity index is 2.23. The largest absolute Gasteiger partial charge is 0.433 e. The van der Waals surface area contributed by atoms with Crippen LogP contribution < -0.4 is 0 Å². The van der Waals surface area contributed by atoms with Crippen LogP contribution in [0.15, 0.2) is 53.0 Å². The van der Waals surface area contributed by atoms with Crippen LogP contribution in [0.25, 0.3) is 22.6 Å². The van der Waals surface area contributed by atoms with Gasteiger partial charge in [0.25, 0.3) is 0 Å². The Hall–Kier alpha value is -1.63. The average molecular weight is 448 g/mol. The zero-order valence-electron chi connectivity index (χ0n) is 12.3. The third-order valence-corrected chi connectivity index (χ3v) is 4.35. The van der Waals surface area contributed by atoms with Gasteiger partial charge < -0.3 is 0 Å². The van der Waals surface area contributed by atoms with Crippen LogP contribution >= 0.6 is 39.1 Å². The van der Waals surface area contributed by atoms with E-state index >= 15 is 0 Å². The predicted octanol–water partition coefficient (Wildman–Crippen LogP) is 6.90. The van der Waals surface area contributed by atoms with E-state index in [0.29, 0.717) is 20.6 Å². The molecule has 0 bridgehead atoms. The molecule has 0 N–H and O–H groups in total. The summed E-state index contributed by atoms with van der Waals surface area (Å²) >= 11 is 15.3. The fourth-order valence-electron chi connectivity index (χ4n) is 2.18. The summed E-state index contributed by atoms with van der Waals surface area (Å²) in [6, 6.07) is 12.1. The van der Waals surface area contributed by atoms with Crippen molar-refractivity contribution in [1.82, 2.24) is 9.97 Å². The molecule has 1 heterocycles. The van der Waals surface area contributed by atoms with Gasteiger partial charge in [-0.15, -0.1) is 0 Å². The van der Waals surface area contributed by atoms with E-state index in [4.69, 9.17) is 23.2 Å². The van der Waals surface area contributed by atoms with Gasteiger partial charge in [-0.05, 0) is 36.4 Å².